The van der Waals surface area contributed by atoms with Gasteiger partial charge in [-0.15, -0.1) is 0 Å². The molecule has 3 aromatic carbocycles. The van der Waals surface area contributed by atoms with Gasteiger partial charge in [-0.3, -0.25) is 4.79 Å². The van der Waals surface area contributed by atoms with Crippen molar-refractivity contribution in [1.29, 1.82) is 5.26 Å². The maximum absolute atomic E-state index is 12.7. The number of carbonyl (C=O) groups is 1. The Kier molecular flexibility index (Phi) is 4.56. The molecule has 1 heterocycles. The first-order chi connectivity index (χ1) is 13.7. The van der Waals surface area contributed by atoms with Crippen LogP contribution in [0.2, 0.25) is 0 Å². The summed E-state index contributed by atoms with van der Waals surface area (Å²) in [7, 11) is 1.52. The molecule has 6 heteroatoms. The number of amides is 1. The van der Waals surface area contributed by atoms with Gasteiger partial charge >= 0.3 is 0 Å². The number of rotatable bonds is 4. The number of hydrogen-bond donors (Lipinski definition) is 1. The van der Waals surface area contributed by atoms with Crippen molar-refractivity contribution in [2.75, 3.05) is 19.2 Å². The van der Waals surface area contributed by atoms with Crippen molar-refractivity contribution in [2.24, 2.45) is 0 Å². The molecule has 138 valence electrons. The third kappa shape index (κ3) is 3.21. The van der Waals surface area contributed by atoms with Crippen LogP contribution in [-0.4, -0.2) is 19.8 Å². The minimum atomic E-state index is -0.490. The lowest BCUT2D eigenvalue weighted by atomic mass is 10.1. The second kappa shape index (κ2) is 7.33. The quantitative estimate of drug-likeness (QED) is 0.550. The van der Waals surface area contributed by atoms with E-state index in [1.807, 2.05) is 42.5 Å². The summed E-state index contributed by atoms with van der Waals surface area (Å²) in [6.07, 6.45) is 1.49. The number of carbonyl (C=O) groups excluding carboxylic acids is 1. The maximum Gasteiger partial charge on any atom is 0.266 e. The summed E-state index contributed by atoms with van der Waals surface area (Å²) >= 11 is 0. The van der Waals surface area contributed by atoms with Crippen molar-refractivity contribution < 1.29 is 19.0 Å². The number of nitrogens with one attached hydrogen (secondary N) is 1. The molecule has 0 atom stereocenters. The topological polar surface area (TPSA) is 80.6 Å². The molecule has 0 aromatic heterocycles. The fourth-order valence-electron chi connectivity index (χ4n) is 3.07. The monoisotopic (exact) mass is 372 g/mol. The number of anilines is 1. The van der Waals surface area contributed by atoms with Crippen molar-refractivity contribution in [3.63, 3.8) is 0 Å². The first kappa shape index (κ1) is 17.4. The minimum absolute atomic E-state index is 0.0335. The van der Waals surface area contributed by atoms with Gasteiger partial charge in [-0.25, -0.2) is 0 Å². The average molecular weight is 372 g/mol. The Balaban J connectivity index is 1.65. The van der Waals surface area contributed by atoms with Crippen LogP contribution in [0.5, 0.6) is 17.2 Å². The van der Waals surface area contributed by atoms with Crippen LogP contribution in [0.25, 0.3) is 16.8 Å². The molecular formula is C22H16N2O4. The molecule has 4 rings (SSSR count). The molecule has 6 nitrogen and oxygen atoms in total. The van der Waals surface area contributed by atoms with Gasteiger partial charge in [-0.1, -0.05) is 36.4 Å². The van der Waals surface area contributed by atoms with Crippen LogP contribution in [0.1, 0.15) is 5.56 Å². The van der Waals surface area contributed by atoms with Crippen LogP contribution < -0.4 is 19.5 Å². The SMILES string of the molecule is COc1cc(/C=C(\C#N)C(=O)Nc2cccc3ccccc23)cc2c1OCO2. The fraction of sp³-hybridized carbons (Fsp3) is 0.0909. The van der Waals surface area contributed by atoms with Gasteiger partial charge in [0.15, 0.2) is 11.5 Å². The van der Waals surface area contributed by atoms with Crippen molar-refractivity contribution in [2.45, 2.75) is 0 Å². The molecule has 0 aliphatic carbocycles. The number of hydrogen-bond acceptors (Lipinski definition) is 5. The smallest absolute Gasteiger partial charge is 0.266 e. The summed E-state index contributed by atoms with van der Waals surface area (Å²) in [5.41, 5.74) is 1.21. The van der Waals surface area contributed by atoms with Crippen LogP contribution in [-0.2, 0) is 4.79 Å². The fourth-order valence-corrected chi connectivity index (χ4v) is 3.07. The van der Waals surface area contributed by atoms with Crippen LogP contribution in [0.3, 0.4) is 0 Å². The maximum atomic E-state index is 12.7. The molecule has 28 heavy (non-hydrogen) atoms. The Morgan fingerprint density at radius 3 is 2.82 bits per heavy atom. The van der Waals surface area contributed by atoms with E-state index >= 15 is 0 Å². The highest BCUT2D eigenvalue weighted by molar-refractivity contribution is 6.13. The number of methoxy groups -OCH3 is 1. The van der Waals surface area contributed by atoms with Crippen molar-refractivity contribution >= 4 is 28.4 Å². The van der Waals surface area contributed by atoms with E-state index in [1.54, 1.807) is 18.2 Å². The molecule has 0 saturated carbocycles. The van der Waals surface area contributed by atoms with Crippen LogP contribution in [0.4, 0.5) is 5.69 Å². The molecule has 0 saturated heterocycles. The number of benzene rings is 3. The zero-order chi connectivity index (χ0) is 19.5. The van der Waals surface area contributed by atoms with Crippen molar-refractivity contribution in [3.8, 4) is 23.3 Å². The molecular weight excluding hydrogens is 356 g/mol. The lowest BCUT2D eigenvalue weighted by Crippen LogP contribution is -2.13. The standard InChI is InChI=1S/C22H16N2O4/c1-26-19-10-14(11-20-21(19)28-13-27-20)9-16(12-23)22(25)24-18-8-4-6-15-5-2-3-7-17(15)18/h2-11H,13H2,1H3,(H,24,25)/b16-9+. The molecule has 1 N–H and O–H groups in total. The Labute approximate surface area is 161 Å². The van der Waals surface area contributed by atoms with Gasteiger partial charge < -0.3 is 19.5 Å². The Bertz CT molecular complexity index is 1140. The predicted octanol–water partition coefficient (Wildman–Crippen LogP) is 4.12. The van der Waals surface area contributed by atoms with Gasteiger partial charge in [-0.05, 0) is 35.2 Å². The zero-order valence-electron chi connectivity index (χ0n) is 15.1. The lowest BCUT2D eigenvalue weighted by Gasteiger charge is -2.09. The highest BCUT2D eigenvalue weighted by Gasteiger charge is 2.20. The lowest BCUT2D eigenvalue weighted by molar-refractivity contribution is -0.112. The highest BCUT2D eigenvalue weighted by atomic mass is 16.7. The molecule has 1 aliphatic rings. The number of ether oxygens (including phenoxy) is 3. The van der Waals surface area contributed by atoms with Gasteiger partial charge in [0, 0.05) is 11.1 Å². The zero-order valence-corrected chi connectivity index (χ0v) is 15.1. The first-order valence-electron chi connectivity index (χ1n) is 8.58. The van der Waals surface area contributed by atoms with Gasteiger partial charge in [0.05, 0.1) is 7.11 Å². The summed E-state index contributed by atoms with van der Waals surface area (Å²) < 4.78 is 16.0. The second-order valence-electron chi connectivity index (χ2n) is 6.11. The largest absolute Gasteiger partial charge is 0.493 e. The van der Waals surface area contributed by atoms with Crippen LogP contribution in [0, 0.1) is 11.3 Å². The van der Waals surface area contributed by atoms with E-state index in [0.717, 1.165) is 10.8 Å². The highest BCUT2D eigenvalue weighted by Crippen LogP contribution is 2.42. The van der Waals surface area contributed by atoms with E-state index in [2.05, 4.69) is 5.32 Å². The minimum Gasteiger partial charge on any atom is -0.493 e. The number of fused-ring (bicyclic) bond motifs is 2. The molecule has 1 aliphatic heterocycles. The Morgan fingerprint density at radius 1 is 1.18 bits per heavy atom. The summed E-state index contributed by atoms with van der Waals surface area (Å²) in [4.78, 5) is 12.7. The first-order valence-corrected chi connectivity index (χ1v) is 8.58. The summed E-state index contributed by atoms with van der Waals surface area (Å²) in [5.74, 6) is 1.01. The number of nitrogens with zero attached hydrogens (tertiary/aromatic N) is 1. The van der Waals surface area contributed by atoms with E-state index in [9.17, 15) is 10.1 Å². The molecule has 0 spiro atoms. The Morgan fingerprint density at radius 2 is 2.00 bits per heavy atom. The van der Waals surface area contributed by atoms with E-state index in [0.29, 0.717) is 28.5 Å². The second-order valence-corrected chi connectivity index (χ2v) is 6.11. The number of nitriles is 1. The normalized spacial score (nSPS) is 12.5. The van der Waals surface area contributed by atoms with Gasteiger partial charge in [0.2, 0.25) is 12.5 Å². The van der Waals surface area contributed by atoms with E-state index in [4.69, 9.17) is 14.2 Å². The molecule has 3 aromatic rings. The molecule has 0 fully saturated rings. The average Bonchev–Trinajstić information content (AvgIpc) is 3.20. The third-order valence-electron chi connectivity index (χ3n) is 4.39. The van der Waals surface area contributed by atoms with E-state index in [-0.39, 0.29) is 12.4 Å². The Hall–Kier alpha value is -3.98. The summed E-state index contributed by atoms with van der Waals surface area (Å²) in [6.45, 7) is 0.103. The van der Waals surface area contributed by atoms with E-state index < -0.39 is 5.91 Å². The van der Waals surface area contributed by atoms with Crippen molar-refractivity contribution in [3.05, 3.63) is 65.7 Å². The van der Waals surface area contributed by atoms with Gasteiger partial charge in [-0.2, -0.15) is 5.26 Å². The summed E-state index contributed by atoms with van der Waals surface area (Å²) in [5, 5.41) is 14.2. The van der Waals surface area contributed by atoms with Crippen LogP contribution >= 0.6 is 0 Å². The van der Waals surface area contributed by atoms with Crippen molar-refractivity contribution in [1.82, 2.24) is 0 Å². The molecule has 0 bridgehead atoms. The van der Waals surface area contributed by atoms with E-state index in [1.165, 1.54) is 13.2 Å². The molecule has 0 unspecified atom stereocenters. The third-order valence-corrected chi connectivity index (χ3v) is 4.39. The predicted molar refractivity (Wildman–Crippen MR) is 105 cm³/mol. The van der Waals surface area contributed by atoms with Crippen LogP contribution in [0.15, 0.2) is 60.2 Å². The van der Waals surface area contributed by atoms with Gasteiger partial charge in [0.25, 0.3) is 5.91 Å². The van der Waals surface area contributed by atoms with Gasteiger partial charge in [0.1, 0.15) is 11.6 Å². The molecule has 1 amide bonds. The summed E-state index contributed by atoms with van der Waals surface area (Å²) in [6, 6.07) is 18.7. The molecule has 0 radical (unpaired) electrons.